The molecule has 6 nitrogen and oxygen atoms in total. The van der Waals surface area contributed by atoms with Gasteiger partial charge in [-0.15, -0.1) is 0 Å². The zero-order valence-corrected chi connectivity index (χ0v) is 15.9. The second-order valence-electron chi connectivity index (χ2n) is 5.83. The Morgan fingerprint density at radius 1 is 1.26 bits per heavy atom. The van der Waals surface area contributed by atoms with E-state index >= 15 is 0 Å². The van der Waals surface area contributed by atoms with Crippen LogP contribution in [0.25, 0.3) is 0 Å². The second-order valence-corrected chi connectivity index (χ2v) is 6.89. The van der Waals surface area contributed by atoms with Gasteiger partial charge in [-0.05, 0) is 51.5 Å². The third-order valence-corrected chi connectivity index (χ3v) is 4.51. The molecule has 146 valence electrons. The summed E-state index contributed by atoms with van der Waals surface area (Å²) in [7, 11) is 0. The quantitative estimate of drug-likeness (QED) is 0.532. The van der Waals surface area contributed by atoms with Crippen molar-refractivity contribution in [3.05, 3.63) is 41.3 Å². The molecule has 0 saturated heterocycles. The number of rotatable bonds is 8. The molecule has 0 spiro atoms. The van der Waals surface area contributed by atoms with Crippen molar-refractivity contribution in [3.8, 4) is 0 Å². The van der Waals surface area contributed by atoms with Crippen LogP contribution in [0.2, 0.25) is 0 Å². The van der Waals surface area contributed by atoms with Crippen LogP contribution in [0.3, 0.4) is 0 Å². The molecular weight excluding hydrogens is 378 g/mol. The van der Waals surface area contributed by atoms with E-state index in [-0.39, 0.29) is 6.42 Å². The molecule has 27 heavy (non-hydrogen) atoms. The van der Waals surface area contributed by atoms with E-state index in [1.807, 2.05) is 0 Å². The molecule has 1 N–H and O–H groups in total. The highest BCUT2D eigenvalue weighted by Gasteiger charge is 2.19. The third-order valence-electron chi connectivity index (χ3n) is 3.78. The molecule has 0 aliphatic carbocycles. The van der Waals surface area contributed by atoms with Crippen LogP contribution in [0, 0.1) is 13.8 Å². The summed E-state index contributed by atoms with van der Waals surface area (Å²) in [5.41, 5.74) is 2.00. The number of hydrogen-bond donors (Lipinski definition) is 1. The maximum Gasteiger partial charge on any atom is 0.306 e. The average molecular weight is 398 g/mol. The number of esters is 1. The Kier molecular flexibility index (Phi) is 7.35. The van der Waals surface area contributed by atoms with Crippen LogP contribution < -0.4 is 5.32 Å². The maximum absolute atomic E-state index is 12.3. The minimum absolute atomic E-state index is 0.0973. The van der Waals surface area contributed by atoms with Crippen LogP contribution in [0.4, 0.5) is 14.5 Å². The van der Waals surface area contributed by atoms with Crippen LogP contribution in [0.15, 0.2) is 33.7 Å². The highest BCUT2D eigenvalue weighted by atomic mass is 32.2. The van der Waals surface area contributed by atoms with Crippen molar-refractivity contribution in [1.82, 2.24) is 5.16 Å². The molecule has 0 fully saturated rings. The molecule has 1 amide bonds. The van der Waals surface area contributed by atoms with E-state index in [0.717, 1.165) is 11.3 Å². The molecular formula is C18H20F2N2O4S. The number of hydrogen-bond acceptors (Lipinski definition) is 6. The molecule has 0 radical (unpaired) electrons. The number of nitrogens with zero attached hydrogens (tertiary/aromatic N) is 1. The number of amides is 1. The van der Waals surface area contributed by atoms with Crippen LogP contribution >= 0.6 is 11.8 Å². The van der Waals surface area contributed by atoms with Crippen molar-refractivity contribution < 1.29 is 27.6 Å². The third kappa shape index (κ3) is 6.35. The number of aromatic nitrogens is 1. The standard InChI is InChI=1S/C18H20F2N2O4S/c1-10-15(11(2)26-22-10)8-9-16(23)25-12(3)17(24)21-13-4-6-14(7-5-13)27-18(19)20/h4-7,12,18H,8-9H2,1-3H3,(H,21,24)/t12-/m1/s1. The average Bonchev–Trinajstić information content (AvgIpc) is 2.92. The number of aryl methyl sites for hydroxylation is 2. The number of nitrogens with one attached hydrogen (secondary N) is 1. The molecule has 1 aromatic heterocycles. The topological polar surface area (TPSA) is 81.4 Å². The lowest BCUT2D eigenvalue weighted by atomic mass is 10.1. The normalized spacial score (nSPS) is 12.1. The smallest absolute Gasteiger partial charge is 0.306 e. The number of anilines is 1. The van der Waals surface area contributed by atoms with Gasteiger partial charge >= 0.3 is 5.97 Å². The maximum atomic E-state index is 12.3. The van der Waals surface area contributed by atoms with E-state index in [1.165, 1.54) is 31.2 Å². The van der Waals surface area contributed by atoms with Crippen LogP contribution in [0.1, 0.15) is 30.4 Å². The Morgan fingerprint density at radius 3 is 2.48 bits per heavy atom. The number of alkyl halides is 2. The van der Waals surface area contributed by atoms with Crippen molar-refractivity contribution >= 4 is 29.3 Å². The molecule has 1 aromatic carbocycles. The molecule has 2 aromatic rings. The molecule has 9 heteroatoms. The van der Waals surface area contributed by atoms with Gasteiger partial charge in [0, 0.05) is 22.6 Å². The Morgan fingerprint density at radius 2 is 1.93 bits per heavy atom. The number of thioether (sulfide) groups is 1. The summed E-state index contributed by atoms with van der Waals surface area (Å²) in [4.78, 5) is 24.5. The van der Waals surface area contributed by atoms with Gasteiger partial charge in [0.15, 0.2) is 6.10 Å². The van der Waals surface area contributed by atoms with Crippen LogP contribution in [-0.2, 0) is 20.7 Å². The molecule has 0 unspecified atom stereocenters. The van der Waals surface area contributed by atoms with Crippen molar-refractivity contribution in [1.29, 1.82) is 0 Å². The number of halogens is 2. The lowest BCUT2D eigenvalue weighted by molar-refractivity contribution is -0.153. The van der Waals surface area contributed by atoms with Gasteiger partial charge in [-0.2, -0.15) is 8.78 Å². The first-order chi connectivity index (χ1) is 12.8. The lowest BCUT2D eigenvalue weighted by Gasteiger charge is -2.14. The number of carbonyl (C=O) groups is 2. The fourth-order valence-electron chi connectivity index (χ4n) is 2.36. The summed E-state index contributed by atoms with van der Waals surface area (Å²) in [6.45, 7) is 5.02. The molecule has 1 atom stereocenters. The van der Waals surface area contributed by atoms with Crippen LogP contribution in [0.5, 0.6) is 0 Å². The number of ether oxygens (including phenoxy) is 1. The molecule has 0 bridgehead atoms. The zero-order valence-electron chi connectivity index (χ0n) is 15.1. The van der Waals surface area contributed by atoms with Gasteiger partial charge in [0.25, 0.3) is 11.7 Å². The Balaban J connectivity index is 1.81. The van der Waals surface area contributed by atoms with Crippen molar-refractivity contribution in [3.63, 3.8) is 0 Å². The van der Waals surface area contributed by atoms with Gasteiger partial charge in [-0.1, -0.05) is 16.9 Å². The van der Waals surface area contributed by atoms with Gasteiger partial charge in [0.2, 0.25) is 0 Å². The first-order valence-electron chi connectivity index (χ1n) is 8.23. The zero-order chi connectivity index (χ0) is 20.0. The first kappa shape index (κ1) is 20.9. The minimum atomic E-state index is -2.50. The highest BCUT2D eigenvalue weighted by Crippen LogP contribution is 2.26. The second kappa shape index (κ2) is 9.50. The minimum Gasteiger partial charge on any atom is -0.453 e. The van der Waals surface area contributed by atoms with Crippen molar-refractivity contribution in [2.24, 2.45) is 0 Å². The van der Waals surface area contributed by atoms with Gasteiger partial charge in [0.1, 0.15) is 5.76 Å². The van der Waals surface area contributed by atoms with E-state index in [1.54, 1.807) is 13.8 Å². The predicted octanol–water partition coefficient (Wildman–Crippen LogP) is 4.11. The molecule has 0 saturated carbocycles. The summed E-state index contributed by atoms with van der Waals surface area (Å²) in [6, 6.07) is 5.97. The molecule has 0 aliphatic heterocycles. The monoisotopic (exact) mass is 398 g/mol. The fraction of sp³-hybridized carbons (Fsp3) is 0.389. The van der Waals surface area contributed by atoms with Crippen LogP contribution in [-0.4, -0.2) is 28.9 Å². The lowest BCUT2D eigenvalue weighted by Crippen LogP contribution is -2.30. The first-order valence-corrected chi connectivity index (χ1v) is 9.11. The number of benzene rings is 1. The van der Waals surface area contributed by atoms with Gasteiger partial charge in [-0.3, -0.25) is 9.59 Å². The van der Waals surface area contributed by atoms with E-state index in [4.69, 9.17) is 9.26 Å². The highest BCUT2D eigenvalue weighted by molar-refractivity contribution is 7.99. The van der Waals surface area contributed by atoms with E-state index in [9.17, 15) is 18.4 Å². The SMILES string of the molecule is Cc1noc(C)c1CCC(=O)O[C@H](C)C(=O)Nc1ccc(SC(F)F)cc1. The summed E-state index contributed by atoms with van der Waals surface area (Å²) >= 11 is 0.420. The van der Waals surface area contributed by atoms with E-state index < -0.39 is 23.7 Å². The van der Waals surface area contributed by atoms with E-state index in [0.29, 0.717) is 34.5 Å². The molecule has 0 aliphatic rings. The molecule has 1 heterocycles. The number of carbonyl (C=O) groups excluding carboxylic acids is 2. The summed E-state index contributed by atoms with van der Waals surface area (Å²) in [5.74, 6) is -2.87. The fourth-order valence-corrected chi connectivity index (χ4v) is 2.86. The Bertz CT molecular complexity index is 774. The van der Waals surface area contributed by atoms with Crippen molar-refractivity contribution in [2.75, 3.05) is 5.32 Å². The predicted molar refractivity (Wildman–Crippen MR) is 96.8 cm³/mol. The summed E-state index contributed by atoms with van der Waals surface area (Å²) in [6.07, 6.45) is -0.477. The Labute approximate surface area is 159 Å². The van der Waals surface area contributed by atoms with Crippen molar-refractivity contribution in [2.45, 2.75) is 50.4 Å². The van der Waals surface area contributed by atoms with Gasteiger partial charge in [-0.25, -0.2) is 0 Å². The summed E-state index contributed by atoms with van der Waals surface area (Å²) in [5, 5.41) is 6.40. The van der Waals surface area contributed by atoms with Gasteiger partial charge < -0.3 is 14.6 Å². The largest absolute Gasteiger partial charge is 0.453 e. The van der Waals surface area contributed by atoms with E-state index in [2.05, 4.69) is 10.5 Å². The van der Waals surface area contributed by atoms with Gasteiger partial charge in [0.05, 0.1) is 5.69 Å². The molecule has 2 rings (SSSR count). The summed E-state index contributed by atoms with van der Waals surface area (Å²) < 4.78 is 34.7. The Hall–Kier alpha value is -2.42.